The van der Waals surface area contributed by atoms with Gasteiger partial charge in [0.1, 0.15) is 14.1 Å². The lowest BCUT2D eigenvalue weighted by Gasteiger charge is -1.69. The molecule has 4 nitrogen and oxygen atoms in total. The molecule has 4 N–H and O–H groups in total. The minimum Gasteiger partial charge on any atom is -1.00 e. The van der Waals surface area contributed by atoms with Crippen LogP contribution in [0.4, 0.5) is 0 Å². The van der Waals surface area contributed by atoms with Gasteiger partial charge in [0, 0.05) is 10.4 Å². The van der Waals surface area contributed by atoms with Gasteiger partial charge in [-0.2, -0.15) is 0 Å². The average Bonchev–Trinajstić information content (AvgIpc) is 1.61. The summed E-state index contributed by atoms with van der Waals surface area (Å²) >= 11 is 0. The maximum atomic E-state index is 2.64. The molecule has 0 unspecified atom stereocenters. The molecule has 0 bridgehead atoms. The van der Waals surface area contributed by atoms with Crippen molar-refractivity contribution in [2.45, 2.75) is 0 Å². The van der Waals surface area contributed by atoms with Crippen molar-refractivity contribution in [2.75, 3.05) is 14.1 Å². The Morgan fingerprint density at radius 2 is 1.12 bits per heavy atom. The maximum absolute atomic E-state index is 2.64. The fourth-order valence-corrected chi connectivity index (χ4v) is 0.125. The Labute approximate surface area is 60.9 Å². The van der Waals surface area contributed by atoms with Gasteiger partial charge in [0.05, 0.1) is 0 Å². The summed E-state index contributed by atoms with van der Waals surface area (Å²) in [6.45, 7) is 0. The first-order valence-electron chi connectivity index (χ1n) is 1.75. The van der Waals surface area contributed by atoms with Gasteiger partial charge in [-0.15, -0.1) is 10.9 Å². The monoisotopic (exact) mass is 160 g/mol. The highest BCUT2D eigenvalue weighted by Crippen LogP contribution is 0.793. The number of hydrogen-bond donors (Lipinski definition) is 4. The van der Waals surface area contributed by atoms with E-state index in [-0.39, 0.29) is 24.8 Å². The molecule has 0 aromatic carbocycles. The van der Waals surface area contributed by atoms with Crippen molar-refractivity contribution in [3.8, 4) is 0 Å². The summed E-state index contributed by atoms with van der Waals surface area (Å²) in [7, 11) is 3.54. The lowest BCUT2D eigenvalue weighted by molar-refractivity contribution is -1.04. The maximum Gasteiger partial charge on any atom is 0.111 e. The second-order valence-electron chi connectivity index (χ2n) is 0.750. The quantitative estimate of drug-likeness (QED) is 0.240. The molecule has 0 aromatic heterocycles. The van der Waals surface area contributed by atoms with Gasteiger partial charge >= 0.3 is 0 Å². The molecule has 0 saturated carbocycles. The fourth-order valence-electron chi connectivity index (χ4n) is 0.125. The van der Waals surface area contributed by atoms with E-state index in [1.165, 1.54) is 0 Å². The van der Waals surface area contributed by atoms with E-state index in [1.807, 2.05) is 0 Å². The molecule has 0 heterocycles. The molecule has 0 rings (SSSR count). The highest BCUT2D eigenvalue weighted by Gasteiger charge is 1.63. The smallest absolute Gasteiger partial charge is 0.111 e. The standard InChI is InChI=1S/C2H10N4.2ClH/c1-3-5-6-4-2;;/h3-6H,1-2H3;2*1H/q+2;;/p-2. The predicted molar refractivity (Wildman–Crippen MR) is 20.0 cm³/mol. The van der Waals surface area contributed by atoms with Crippen molar-refractivity contribution >= 4 is 0 Å². The average molecular weight is 161 g/mol. The van der Waals surface area contributed by atoms with Gasteiger partial charge in [-0.1, -0.05) is 0 Å². The molecule has 0 atom stereocenters. The van der Waals surface area contributed by atoms with Crippen molar-refractivity contribution in [1.29, 1.82) is 0 Å². The van der Waals surface area contributed by atoms with Gasteiger partial charge < -0.3 is 24.8 Å². The van der Waals surface area contributed by atoms with Crippen LogP contribution in [0.25, 0.3) is 0 Å². The number of hydrogen-bond acceptors (Lipinski definition) is 0. The van der Waals surface area contributed by atoms with Crippen LogP contribution in [-0.4, -0.2) is 14.1 Å². The van der Waals surface area contributed by atoms with Crippen molar-refractivity contribution < 1.29 is 35.3 Å². The molecule has 0 amide bonds. The van der Waals surface area contributed by atoms with E-state index in [9.17, 15) is 0 Å². The summed E-state index contributed by atoms with van der Waals surface area (Å²) in [5.74, 6) is 0. The van der Waals surface area contributed by atoms with Gasteiger partial charge in [0.2, 0.25) is 0 Å². The van der Waals surface area contributed by atoms with E-state index in [2.05, 4.69) is 21.3 Å². The minimum absolute atomic E-state index is 0. The molecule has 0 saturated heterocycles. The summed E-state index contributed by atoms with van der Waals surface area (Å²) in [5, 5.41) is 5.17. The Morgan fingerprint density at radius 1 is 0.875 bits per heavy atom. The molecule has 52 valence electrons. The Bertz CT molecular complexity index is 41.3. The van der Waals surface area contributed by atoms with Crippen LogP contribution in [0, 0.1) is 0 Å². The molecule has 0 aliphatic heterocycles. The first-order valence-corrected chi connectivity index (χ1v) is 1.75. The molecule has 8 heavy (non-hydrogen) atoms. The van der Waals surface area contributed by atoms with Crippen LogP contribution in [-0.2, 0) is 0 Å². The molecule has 0 fully saturated rings. The fraction of sp³-hybridized carbons (Fsp3) is 1.00. The van der Waals surface area contributed by atoms with Crippen molar-refractivity contribution in [1.82, 2.24) is 10.9 Å². The SMILES string of the molecule is CN[NH+]=[NH+]NC.[Cl-].[Cl-]. The lowest BCUT2D eigenvalue weighted by Crippen LogP contribution is -3.14. The van der Waals surface area contributed by atoms with Crippen LogP contribution in [0.2, 0.25) is 0 Å². The molecule has 0 aliphatic rings. The topological polar surface area (TPSA) is 52.0 Å². The highest BCUT2D eigenvalue weighted by molar-refractivity contribution is 3.64. The Balaban J connectivity index is -0.000000125. The zero-order valence-electron chi connectivity index (χ0n) is 4.76. The number of halogens is 2. The van der Waals surface area contributed by atoms with Crippen LogP contribution in [0.1, 0.15) is 0 Å². The van der Waals surface area contributed by atoms with E-state index in [0.29, 0.717) is 0 Å². The van der Waals surface area contributed by atoms with E-state index >= 15 is 0 Å². The summed E-state index contributed by atoms with van der Waals surface area (Å²) in [6.07, 6.45) is 0. The molecule has 0 spiro atoms. The first-order chi connectivity index (χ1) is 2.91. The van der Waals surface area contributed by atoms with E-state index < -0.39 is 0 Å². The number of rotatable bonds is 2. The summed E-state index contributed by atoms with van der Waals surface area (Å²) < 4.78 is 0. The van der Waals surface area contributed by atoms with Gasteiger partial charge in [0.15, 0.2) is 0 Å². The molecular weight excluding hydrogens is 151 g/mol. The summed E-state index contributed by atoms with van der Waals surface area (Å²) in [4.78, 5) is 0. The van der Waals surface area contributed by atoms with Gasteiger partial charge in [0.25, 0.3) is 0 Å². The molecule has 6 heteroatoms. The second kappa shape index (κ2) is 15.9. The minimum atomic E-state index is 0. The number of hydrazine groups is 2. The van der Waals surface area contributed by atoms with E-state index in [0.717, 1.165) is 0 Å². The van der Waals surface area contributed by atoms with Crippen LogP contribution >= 0.6 is 0 Å². The third-order valence-corrected chi connectivity index (χ3v) is 0.312. The third kappa shape index (κ3) is 17.1. The van der Waals surface area contributed by atoms with Gasteiger partial charge in [-0.05, 0) is 0 Å². The molecule has 0 aliphatic carbocycles. The highest BCUT2D eigenvalue weighted by atomic mass is 35.5. The normalized spacial score (nSPS) is 6.75. The Kier molecular flexibility index (Phi) is 31.0. The Morgan fingerprint density at radius 3 is 1.25 bits per heavy atom. The largest absolute Gasteiger partial charge is 1.00 e. The third-order valence-electron chi connectivity index (χ3n) is 0.312. The van der Waals surface area contributed by atoms with Gasteiger partial charge in [-0.25, -0.2) is 0 Å². The summed E-state index contributed by atoms with van der Waals surface area (Å²) in [5.41, 5.74) is 5.29. The molecular formula is C2H10Cl2N4. The van der Waals surface area contributed by atoms with E-state index in [4.69, 9.17) is 0 Å². The van der Waals surface area contributed by atoms with Crippen LogP contribution < -0.4 is 46.1 Å². The van der Waals surface area contributed by atoms with Crippen molar-refractivity contribution in [3.63, 3.8) is 0 Å². The predicted octanol–water partition coefficient (Wildman–Crippen LogP) is -10.1. The first kappa shape index (κ1) is 15.7. The van der Waals surface area contributed by atoms with Crippen molar-refractivity contribution in [3.05, 3.63) is 0 Å². The Hall–Kier alpha value is -0.220. The lowest BCUT2D eigenvalue weighted by atomic mass is 11.5. The van der Waals surface area contributed by atoms with Crippen molar-refractivity contribution in [2.24, 2.45) is 0 Å². The molecule has 0 aromatic rings. The van der Waals surface area contributed by atoms with Crippen LogP contribution in [0.5, 0.6) is 0 Å². The van der Waals surface area contributed by atoms with E-state index in [1.54, 1.807) is 14.1 Å². The van der Waals surface area contributed by atoms with Crippen LogP contribution in [0.3, 0.4) is 0 Å². The van der Waals surface area contributed by atoms with Crippen LogP contribution in [0.15, 0.2) is 0 Å². The van der Waals surface area contributed by atoms with Gasteiger partial charge in [-0.3, -0.25) is 0 Å². The zero-order chi connectivity index (χ0) is 4.83. The molecule has 0 radical (unpaired) electrons. The second-order valence-corrected chi connectivity index (χ2v) is 0.750. The number of nitrogens with one attached hydrogen (secondary N) is 4. The zero-order valence-corrected chi connectivity index (χ0v) is 6.27. The summed E-state index contributed by atoms with van der Waals surface area (Å²) in [6, 6.07) is 0.